The molecule has 0 radical (unpaired) electrons. The van der Waals surface area contributed by atoms with Crippen molar-refractivity contribution in [3.63, 3.8) is 0 Å². The molecule has 0 aliphatic heterocycles. The summed E-state index contributed by atoms with van der Waals surface area (Å²) < 4.78 is 0. The van der Waals surface area contributed by atoms with Crippen molar-refractivity contribution >= 4 is 0 Å². The first-order chi connectivity index (χ1) is 12.1. The van der Waals surface area contributed by atoms with Gasteiger partial charge in [-0.1, -0.05) is 12.1 Å². The molecule has 1 rings (SSSR count). The minimum atomic E-state index is -0.521. The van der Waals surface area contributed by atoms with E-state index in [-0.39, 0.29) is 0 Å². The molecular formula is C20H36N2O4. The standard InChI is InChI=1S/C20H36N2O4/c1-13(23)7-17-5-6-18(9-21)19(8-14(2)24)20(17)12-22(10-15(3)25)11-16(4)26/h5-6,13-16,23-26H,7-12,21H2,1-4H3. The third-order valence-corrected chi connectivity index (χ3v) is 4.29. The summed E-state index contributed by atoms with van der Waals surface area (Å²) in [5, 5.41) is 39.5. The molecule has 6 N–H and O–H groups in total. The van der Waals surface area contributed by atoms with Crippen LogP contribution in [0.3, 0.4) is 0 Å². The number of nitrogens with zero attached hydrogens (tertiary/aromatic N) is 1. The van der Waals surface area contributed by atoms with Gasteiger partial charge in [0.05, 0.1) is 24.4 Å². The van der Waals surface area contributed by atoms with Crippen molar-refractivity contribution in [3.8, 4) is 0 Å². The van der Waals surface area contributed by atoms with Gasteiger partial charge in [0.25, 0.3) is 0 Å². The van der Waals surface area contributed by atoms with Gasteiger partial charge in [-0.3, -0.25) is 4.90 Å². The van der Waals surface area contributed by atoms with E-state index in [1.165, 1.54) is 0 Å². The van der Waals surface area contributed by atoms with Crippen molar-refractivity contribution < 1.29 is 20.4 Å². The molecule has 0 saturated heterocycles. The second-order valence-electron chi connectivity index (χ2n) is 7.54. The van der Waals surface area contributed by atoms with E-state index in [2.05, 4.69) is 0 Å². The zero-order valence-corrected chi connectivity index (χ0v) is 16.5. The average molecular weight is 369 g/mol. The highest BCUT2D eigenvalue weighted by molar-refractivity contribution is 5.42. The number of hydrogen-bond acceptors (Lipinski definition) is 6. The Hall–Kier alpha value is -1.02. The smallest absolute Gasteiger partial charge is 0.0639 e. The van der Waals surface area contributed by atoms with Crippen molar-refractivity contribution in [2.75, 3.05) is 13.1 Å². The average Bonchev–Trinajstić information content (AvgIpc) is 2.48. The molecule has 0 bridgehead atoms. The van der Waals surface area contributed by atoms with Crippen molar-refractivity contribution in [1.82, 2.24) is 4.90 Å². The van der Waals surface area contributed by atoms with Gasteiger partial charge in [-0.2, -0.15) is 0 Å². The van der Waals surface area contributed by atoms with Gasteiger partial charge >= 0.3 is 0 Å². The lowest BCUT2D eigenvalue weighted by Gasteiger charge is -2.29. The zero-order valence-electron chi connectivity index (χ0n) is 16.5. The summed E-state index contributed by atoms with van der Waals surface area (Å²) >= 11 is 0. The molecule has 26 heavy (non-hydrogen) atoms. The van der Waals surface area contributed by atoms with Crippen LogP contribution in [0, 0.1) is 0 Å². The summed E-state index contributed by atoms with van der Waals surface area (Å²) in [6, 6.07) is 3.95. The molecule has 4 atom stereocenters. The van der Waals surface area contributed by atoms with E-state index in [0.29, 0.717) is 39.0 Å². The highest BCUT2D eigenvalue weighted by Gasteiger charge is 2.20. The van der Waals surface area contributed by atoms with Crippen LogP contribution in [-0.4, -0.2) is 62.8 Å². The molecule has 0 fully saturated rings. The van der Waals surface area contributed by atoms with E-state index in [4.69, 9.17) is 5.73 Å². The molecular weight excluding hydrogens is 332 g/mol. The lowest BCUT2D eigenvalue weighted by molar-refractivity contribution is 0.0787. The monoisotopic (exact) mass is 368 g/mol. The molecule has 6 heteroatoms. The van der Waals surface area contributed by atoms with Gasteiger partial charge < -0.3 is 26.2 Å². The van der Waals surface area contributed by atoms with E-state index in [1.807, 2.05) is 17.0 Å². The molecule has 0 saturated carbocycles. The molecule has 1 aromatic carbocycles. The van der Waals surface area contributed by atoms with Gasteiger partial charge in [-0.15, -0.1) is 0 Å². The van der Waals surface area contributed by atoms with Crippen LogP contribution in [-0.2, 0) is 25.9 Å². The lowest BCUT2D eigenvalue weighted by atomic mass is 9.89. The summed E-state index contributed by atoms with van der Waals surface area (Å²) in [6.07, 6.45) is -1.06. The largest absolute Gasteiger partial charge is 0.393 e. The maximum atomic E-state index is 9.96. The Morgan fingerprint density at radius 1 is 0.769 bits per heavy atom. The number of hydrogen-bond donors (Lipinski definition) is 5. The van der Waals surface area contributed by atoms with Crippen LogP contribution in [0.5, 0.6) is 0 Å². The molecule has 0 aromatic heterocycles. The summed E-state index contributed by atoms with van der Waals surface area (Å²) in [4.78, 5) is 2.00. The van der Waals surface area contributed by atoms with Crippen LogP contribution in [0.15, 0.2) is 12.1 Å². The van der Waals surface area contributed by atoms with Crippen LogP contribution in [0.4, 0.5) is 0 Å². The quantitative estimate of drug-likeness (QED) is 0.390. The first-order valence-corrected chi connectivity index (χ1v) is 9.41. The Bertz CT molecular complexity index is 535. The molecule has 0 heterocycles. The van der Waals surface area contributed by atoms with Gasteiger partial charge in [-0.25, -0.2) is 0 Å². The molecule has 0 aliphatic carbocycles. The number of aliphatic hydroxyl groups excluding tert-OH is 4. The maximum Gasteiger partial charge on any atom is 0.0639 e. The molecule has 0 amide bonds. The summed E-state index contributed by atoms with van der Waals surface area (Å²) in [7, 11) is 0. The first-order valence-electron chi connectivity index (χ1n) is 9.41. The first kappa shape index (κ1) is 23.0. The second-order valence-corrected chi connectivity index (χ2v) is 7.54. The molecule has 6 nitrogen and oxygen atoms in total. The SMILES string of the molecule is CC(O)Cc1ccc(CN)c(CC(C)O)c1CN(CC(C)O)CC(C)O. The predicted octanol–water partition coefficient (Wildman–Crippen LogP) is 0.556. The number of aliphatic hydroxyl groups is 4. The van der Waals surface area contributed by atoms with E-state index in [9.17, 15) is 20.4 Å². The zero-order chi connectivity index (χ0) is 19.9. The maximum absolute atomic E-state index is 9.96. The molecule has 0 aliphatic rings. The van der Waals surface area contributed by atoms with E-state index >= 15 is 0 Å². The van der Waals surface area contributed by atoms with Gasteiger partial charge in [0.1, 0.15) is 0 Å². The van der Waals surface area contributed by atoms with E-state index < -0.39 is 24.4 Å². The van der Waals surface area contributed by atoms with Crippen LogP contribution < -0.4 is 5.73 Å². The lowest BCUT2D eigenvalue weighted by Crippen LogP contribution is -2.36. The summed E-state index contributed by atoms with van der Waals surface area (Å²) in [5.74, 6) is 0. The fourth-order valence-electron chi connectivity index (χ4n) is 3.41. The van der Waals surface area contributed by atoms with Crippen LogP contribution in [0.25, 0.3) is 0 Å². The highest BCUT2D eigenvalue weighted by Crippen LogP contribution is 2.25. The Morgan fingerprint density at radius 2 is 1.27 bits per heavy atom. The van der Waals surface area contributed by atoms with E-state index in [1.54, 1.807) is 27.7 Å². The van der Waals surface area contributed by atoms with Crippen LogP contribution >= 0.6 is 0 Å². The third-order valence-electron chi connectivity index (χ3n) is 4.29. The van der Waals surface area contributed by atoms with Crippen LogP contribution in [0.2, 0.25) is 0 Å². The fourth-order valence-corrected chi connectivity index (χ4v) is 3.41. The van der Waals surface area contributed by atoms with Gasteiger partial charge in [0.2, 0.25) is 0 Å². The topological polar surface area (TPSA) is 110 Å². The van der Waals surface area contributed by atoms with Crippen molar-refractivity contribution in [3.05, 3.63) is 34.4 Å². The Labute approximate surface area is 157 Å². The third kappa shape index (κ3) is 7.70. The minimum Gasteiger partial charge on any atom is -0.393 e. The summed E-state index contributed by atoms with van der Waals surface area (Å²) in [6.45, 7) is 8.69. The number of benzene rings is 1. The van der Waals surface area contributed by atoms with Crippen molar-refractivity contribution in [1.29, 1.82) is 0 Å². The van der Waals surface area contributed by atoms with Crippen molar-refractivity contribution in [2.45, 2.75) is 78.0 Å². The normalized spacial score (nSPS) is 16.5. The van der Waals surface area contributed by atoms with Crippen molar-refractivity contribution in [2.24, 2.45) is 5.73 Å². The Morgan fingerprint density at radius 3 is 1.69 bits per heavy atom. The minimum absolute atomic E-state index is 0.372. The van der Waals surface area contributed by atoms with Gasteiger partial charge in [0.15, 0.2) is 0 Å². The van der Waals surface area contributed by atoms with Crippen LogP contribution in [0.1, 0.15) is 49.9 Å². The molecule has 1 aromatic rings. The number of rotatable bonds is 11. The molecule has 150 valence electrons. The number of nitrogens with two attached hydrogens (primary N) is 1. The van der Waals surface area contributed by atoms with Gasteiger partial charge in [-0.05, 0) is 62.8 Å². The van der Waals surface area contributed by atoms with E-state index in [0.717, 1.165) is 22.3 Å². The second kappa shape index (κ2) is 11.0. The molecule has 4 unspecified atom stereocenters. The highest BCUT2D eigenvalue weighted by atomic mass is 16.3. The Kier molecular flexibility index (Phi) is 9.71. The summed E-state index contributed by atoms with van der Waals surface area (Å²) in [5.41, 5.74) is 9.92. The Balaban J connectivity index is 3.34. The fraction of sp³-hybridized carbons (Fsp3) is 0.700. The van der Waals surface area contributed by atoms with Gasteiger partial charge in [0, 0.05) is 26.2 Å². The predicted molar refractivity (Wildman–Crippen MR) is 104 cm³/mol. The molecule has 0 spiro atoms.